The Balaban J connectivity index is 1.44. The van der Waals surface area contributed by atoms with E-state index in [1.807, 2.05) is 25.1 Å². The summed E-state index contributed by atoms with van der Waals surface area (Å²) in [5, 5.41) is 21.3. The highest BCUT2D eigenvalue weighted by molar-refractivity contribution is 7.15. The van der Waals surface area contributed by atoms with Crippen molar-refractivity contribution < 1.29 is 14.7 Å². The number of hydrogen-bond donors (Lipinski definition) is 2. The number of benzene rings is 1. The van der Waals surface area contributed by atoms with Gasteiger partial charge in [0.05, 0.1) is 0 Å². The molecule has 2 saturated carbocycles. The minimum Gasteiger partial charge on any atom is -0.465 e. The Morgan fingerprint density at radius 1 is 1.35 bits per heavy atom. The first-order valence-electron chi connectivity index (χ1n) is 8.72. The number of amides is 2. The Hall–Kier alpha value is -2.48. The summed E-state index contributed by atoms with van der Waals surface area (Å²) in [6.07, 6.45) is 2.23. The van der Waals surface area contributed by atoms with E-state index in [4.69, 9.17) is 0 Å². The molecule has 0 saturated heterocycles. The molecule has 2 amide bonds. The Morgan fingerprint density at radius 3 is 2.81 bits per heavy atom. The van der Waals surface area contributed by atoms with Gasteiger partial charge >= 0.3 is 6.09 Å². The minimum atomic E-state index is -0.843. The zero-order chi connectivity index (χ0) is 18.3. The second-order valence-electron chi connectivity index (χ2n) is 6.99. The van der Waals surface area contributed by atoms with Crippen LogP contribution in [0.25, 0.3) is 0 Å². The van der Waals surface area contributed by atoms with Crippen LogP contribution in [0.15, 0.2) is 24.3 Å². The maximum absolute atomic E-state index is 12.4. The van der Waals surface area contributed by atoms with Crippen LogP contribution in [0.1, 0.15) is 46.1 Å². The van der Waals surface area contributed by atoms with Crippen LogP contribution in [-0.4, -0.2) is 44.8 Å². The quantitative estimate of drug-likeness (QED) is 0.811. The number of aryl methyl sites for hydroxylation is 1. The largest absolute Gasteiger partial charge is 0.465 e. The van der Waals surface area contributed by atoms with Gasteiger partial charge in [-0.1, -0.05) is 23.5 Å². The van der Waals surface area contributed by atoms with E-state index in [1.54, 1.807) is 11.0 Å². The molecule has 136 valence electrons. The third-order valence-electron chi connectivity index (χ3n) is 4.88. The van der Waals surface area contributed by atoms with Crippen LogP contribution in [0.3, 0.4) is 0 Å². The van der Waals surface area contributed by atoms with Crippen molar-refractivity contribution in [3.05, 3.63) is 40.4 Å². The second kappa shape index (κ2) is 6.68. The summed E-state index contributed by atoms with van der Waals surface area (Å²) in [4.78, 5) is 25.6. The molecule has 0 aliphatic heterocycles. The van der Waals surface area contributed by atoms with E-state index in [9.17, 15) is 14.7 Å². The summed E-state index contributed by atoms with van der Waals surface area (Å²) in [5.74, 6) is 0.467. The lowest BCUT2D eigenvalue weighted by atomic mass is 10.1. The average molecular weight is 372 g/mol. The van der Waals surface area contributed by atoms with Gasteiger partial charge in [0.25, 0.3) is 5.91 Å². The van der Waals surface area contributed by atoms with Crippen molar-refractivity contribution in [1.82, 2.24) is 15.1 Å². The lowest BCUT2D eigenvalue weighted by molar-refractivity contribution is 0.102. The van der Waals surface area contributed by atoms with Crippen molar-refractivity contribution in [3.8, 4) is 0 Å². The molecule has 1 aromatic carbocycles. The molecule has 0 radical (unpaired) electrons. The number of rotatable bonds is 6. The lowest BCUT2D eigenvalue weighted by Crippen LogP contribution is -2.34. The predicted octanol–water partition coefficient (Wildman–Crippen LogP) is 3.34. The first-order valence-corrected chi connectivity index (χ1v) is 9.54. The van der Waals surface area contributed by atoms with Gasteiger partial charge in [0.15, 0.2) is 0 Å². The van der Waals surface area contributed by atoms with Crippen LogP contribution in [-0.2, 0) is 0 Å². The Bertz CT molecular complexity index is 848. The number of carbonyl (C=O) groups is 2. The molecular formula is C18H20N4O3S. The molecule has 1 aromatic heterocycles. The van der Waals surface area contributed by atoms with E-state index < -0.39 is 6.09 Å². The molecule has 2 fully saturated rings. The van der Waals surface area contributed by atoms with E-state index >= 15 is 0 Å². The number of carbonyl (C=O) groups excluding carboxylic acids is 1. The highest BCUT2D eigenvalue weighted by atomic mass is 32.1. The van der Waals surface area contributed by atoms with Gasteiger partial charge in [-0.15, -0.1) is 10.2 Å². The third kappa shape index (κ3) is 3.70. The van der Waals surface area contributed by atoms with E-state index in [0.29, 0.717) is 23.2 Å². The van der Waals surface area contributed by atoms with Crippen LogP contribution in [0.4, 0.5) is 9.93 Å². The van der Waals surface area contributed by atoms with Crippen molar-refractivity contribution in [2.75, 3.05) is 11.9 Å². The number of carboxylic acid groups (broad SMARTS) is 1. The summed E-state index contributed by atoms with van der Waals surface area (Å²) < 4.78 is 0. The van der Waals surface area contributed by atoms with Gasteiger partial charge in [0.2, 0.25) is 5.13 Å². The molecule has 2 unspecified atom stereocenters. The highest BCUT2D eigenvalue weighted by Crippen LogP contribution is 2.46. The average Bonchev–Trinajstić information content (AvgIpc) is 3.52. The predicted molar refractivity (Wildman–Crippen MR) is 97.6 cm³/mol. The van der Waals surface area contributed by atoms with E-state index in [-0.39, 0.29) is 17.9 Å². The summed E-state index contributed by atoms with van der Waals surface area (Å²) in [7, 11) is 0. The van der Waals surface area contributed by atoms with Gasteiger partial charge in [-0.25, -0.2) is 4.79 Å². The Morgan fingerprint density at radius 2 is 2.15 bits per heavy atom. The molecule has 2 N–H and O–H groups in total. The number of nitrogens with one attached hydrogen (secondary N) is 1. The van der Waals surface area contributed by atoms with Crippen molar-refractivity contribution >= 4 is 28.5 Å². The van der Waals surface area contributed by atoms with Gasteiger partial charge in [-0.3, -0.25) is 10.1 Å². The molecule has 0 spiro atoms. The number of hydrogen-bond acceptors (Lipinski definition) is 5. The van der Waals surface area contributed by atoms with E-state index in [0.717, 1.165) is 29.8 Å². The van der Waals surface area contributed by atoms with Crippen LogP contribution in [0.2, 0.25) is 0 Å². The number of anilines is 1. The van der Waals surface area contributed by atoms with Crippen LogP contribution < -0.4 is 5.32 Å². The topological polar surface area (TPSA) is 95.4 Å². The zero-order valence-electron chi connectivity index (χ0n) is 14.4. The SMILES string of the molecule is Cc1nnc(NC(=O)c2cccc(C3CC3N(CC3CC3)C(=O)O)c2)s1. The van der Waals surface area contributed by atoms with Crippen molar-refractivity contribution in [1.29, 1.82) is 0 Å². The summed E-state index contributed by atoms with van der Waals surface area (Å²) in [6.45, 7) is 2.46. The monoisotopic (exact) mass is 372 g/mol. The van der Waals surface area contributed by atoms with Crippen molar-refractivity contribution in [2.45, 2.75) is 38.1 Å². The summed E-state index contributed by atoms with van der Waals surface area (Å²) in [6, 6.07) is 7.44. The Labute approximate surface area is 155 Å². The highest BCUT2D eigenvalue weighted by Gasteiger charge is 2.46. The first kappa shape index (κ1) is 17.0. The van der Waals surface area contributed by atoms with Crippen LogP contribution in [0, 0.1) is 12.8 Å². The molecule has 2 aromatic rings. The minimum absolute atomic E-state index is 0.0252. The molecule has 8 heteroatoms. The van der Waals surface area contributed by atoms with E-state index in [2.05, 4.69) is 15.5 Å². The fourth-order valence-corrected chi connectivity index (χ4v) is 3.83. The third-order valence-corrected chi connectivity index (χ3v) is 5.63. The van der Waals surface area contributed by atoms with Crippen LogP contribution in [0.5, 0.6) is 0 Å². The molecule has 4 rings (SSSR count). The zero-order valence-corrected chi connectivity index (χ0v) is 15.2. The molecule has 2 aliphatic rings. The summed E-state index contributed by atoms with van der Waals surface area (Å²) >= 11 is 1.33. The first-order chi connectivity index (χ1) is 12.5. The Kier molecular flexibility index (Phi) is 4.36. The number of nitrogens with zero attached hydrogens (tertiary/aromatic N) is 3. The fraction of sp³-hybridized carbons (Fsp3) is 0.444. The molecule has 2 aliphatic carbocycles. The number of aromatic nitrogens is 2. The maximum atomic E-state index is 12.4. The molecule has 26 heavy (non-hydrogen) atoms. The smallest absolute Gasteiger partial charge is 0.407 e. The van der Waals surface area contributed by atoms with Gasteiger partial charge in [-0.2, -0.15) is 0 Å². The molecular weight excluding hydrogens is 352 g/mol. The normalized spacial score (nSPS) is 21.3. The van der Waals surface area contributed by atoms with Gasteiger partial charge < -0.3 is 10.0 Å². The molecule has 0 bridgehead atoms. The summed E-state index contributed by atoms with van der Waals surface area (Å²) in [5.41, 5.74) is 1.56. The van der Waals surface area contributed by atoms with Crippen molar-refractivity contribution in [2.24, 2.45) is 5.92 Å². The van der Waals surface area contributed by atoms with Gasteiger partial charge in [0.1, 0.15) is 5.01 Å². The standard InChI is InChI=1S/C18H20N4O3S/c1-10-20-21-17(26-10)19-16(23)13-4-2-3-12(7-13)14-8-15(14)22(18(24)25)9-11-5-6-11/h2-4,7,11,14-15H,5-6,8-9H2,1H3,(H,24,25)(H,19,21,23). The molecule has 2 atom stereocenters. The fourth-order valence-electron chi connectivity index (χ4n) is 3.25. The van der Waals surface area contributed by atoms with Crippen LogP contribution >= 0.6 is 11.3 Å². The van der Waals surface area contributed by atoms with E-state index in [1.165, 1.54) is 11.3 Å². The maximum Gasteiger partial charge on any atom is 0.407 e. The molecule has 1 heterocycles. The molecule has 7 nitrogen and oxygen atoms in total. The lowest BCUT2D eigenvalue weighted by Gasteiger charge is -2.19. The second-order valence-corrected chi connectivity index (χ2v) is 8.18. The van der Waals surface area contributed by atoms with Crippen molar-refractivity contribution in [3.63, 3.8) is 0 Å². The van der Waals surface area contributed by atoms with Gasteiger partial charge in [-0.05, 0) is 49.8 Å². The van der Waals surface area contributed by atoms with Gasteiger partial charge in [0, 0.05) is 24.1 Å².